The van der Waals surface area contributed by atoms with Gasteiger partial charge in [-0.3, -0.25) is 9.69 Å². The van der Waals surface area contributed by atoms with Crippen LogP contribution < -0.4 is 10.2 Å². The average Bonchev–Trinajstić information content (AvgIpc) is 2.76. The van der Waals surface area contributed by atoms with Gasteiger partial charge in [0.1, 0.15) is 11.4 Å². The molecule has 2 aromatic carbocycles. The molecule has 3 rings (SSSR count). The Morgan fingerprint density at radius 1 is 1.14 bits per heavy atom. The van der Waals surface area contributed by atoms with Crippen LogP contribution in [0.4, 0.5) is 19.3 Å². The van der Waals surface area contributed by atoms with Crippen molar-refractivity contribution >= 4 is 49.5 Å². The second kappa shape index (κ2) is 10.4. The van der Waals surface area contributed by atoms with E-state index in [1.807, 2.05) is 0 Å². The number of nitrogens with one attached hydrogen (secondary N) is 1. The largest absolute Gasteiger partial charge is 0.444 e. The first-order chi connectivity index (χ1) is 16.3. The van der Waals surface area contributed by atoms with E-state index in [1.165, 1.54) is 35.0 Å². The Balaban J connectivity index is 2.18. The molecule has 0 saturated carbocycles. The van der Waals surface area contributed by atoms with Crippen LogP contribution in [-0.2, 0) is 16.0 Å². The Kier molecular flexibility index (Phi) is 8.16. The fourth-order valence-corrected chi connectivity index (χ4v) is 5.00. The lowest BCUT2D eigenvalue weighted by Gasteiger charge is -2.52. The highest BCUT2D eigenvalue weighted by atomic mass is 79.9. The highest BCUT2D eigenvalue weighted by Crippen LogP contribution is 2.39. The number of hydrogen-bond donors (Lipinski definition) is 1. The van der Waals surface area contributed by atoms with Crippen molar-refractivity contribution in [3.63, 3.8) is 0 Å². The van der Waals surface area contributed by atoms with Crippen LogP contribution in [0.5, 0.6) is 0 Å². The first-order valence-corrected chi connectivity index (χ1v) is 12.7. The van der Waals surface area contributed by atoms with Crippen LogP contribution in [0.25, 0.3) is 0 Å². The van der Waals surface area contributed by atoms with Gasteiger partial charge in [-0.15, -0.1) is 0 Å². The summed E-state index contributed by atoms with van der Waals surface area (Å²) in [5.74, 6) is -1.11. The molecular weight excluding hydrogens is 588 g/mol. The normalized spacial score (nSPS) is 20.5. The van der Waals surface area contributed by atoms with Crippen LogP contribution in [0.1, 0.15) is 31.9 Å². The number of hydrogen-bond acceptors (Lipinski definition) is 4. The second-order valence-electron chi connectivity index (χ2n) is 9.52. The Morgan fingerprint density at radius 3 is 2.40 bits per heavy atom. The summed E-state index contributed by atoms with van der Waals surface area (Å²) < 4.78 is 37.7. The molecule has 1 aliphatic rings. The fraction of sp³-hybridized carbons (Fsp3) is 0.440. The highest BCUT2D eigenvalue weighted by molar-refractivity contribution is 9.13. The third-order valence-corrected chi connectivity index (χ3v) is 7.75. The maximum atomic E-state index is 16.8. The van der Waals surface area contributed by atoms with Crippen molar-refractivity contribution in [1.29, 1.82) is 0 Å². The molecule has 0 aliphatic carbocycles. The predicted octanol–water partition coefficient (Wildman–Crippen LogP) is 5.74. The molecule has 1 fully saturated rings. The van der Waals surface area contributed by atoms with Crippen LogP contribution >= 0.6 is 31.9 Å². The molecule has 10 heteroatoms. The van der Waals surface area contributed by atoms with Crippen molar-refractivity contribution in [2.75, 3.05) is 25.0 Å². The van der Waals surface area contributed by atoms with Gasteiger partial charge in [-0.25, -0.2) is 13.6 Å². The van der Waals surface area contributed by atoms with Gasteiger partial charge in [0.2, 0.25) is 6.30 Å². The molecule has 2 unspecified atom stereocenters. The van der Waals surface area contributed by atoms with E-state index >= 15 is 4.39 Å². The summed E-state index contributed by atoms with van der Waals surface area (Å²) in [7, 11) is 1.41. The maximum Gasteiger partial charge on any atom is 0.411 e. The number of anilines is 1. The Bertz CT molecular complexity index is 1130. The minimum atomic E-state index is -1.95. The number of carbonyl (C=O) groups is 2. The van der Waals surface area contributed by atoms with Crippen LogP contribution in [0.3, 0.4) is 0 Å². The lowest BCUT2D eigenvalue weighted by atomic mass is 9.83. The number of alkyl halides is 1. The Hall–Kier alpha value is -2.20. The number of amides is 2. The lowest BCUT2D eigenvalue weighted by Crippen LogP contribution is -2.74. The topological polar surface area (TPSA) is 61.9 Å². The molecule has 2 atom stereocenters. The number of likely N-dealkylation sites (N-methyl/N-ethyl adjacent to an activating group) is 1. The zero-order chi connectivity index (χ0) is 26.1. The monoisotopic (exact) mass is 615 g/mol. The SMILES string of the molecule is CNC(=O)C1(Cc2ccc(Br)c(Br)c2)C(F)N(c2ccc(F)cc2C)CCN1C(=O)OC(C)(C)C. The van der Waals surface area contributed by atoms with Gasteiger partial charge in [0, 0.05) is 41.2 Å². The summed E-state index contributed by atoms with van der Waals surface area (Å²) in [6.45, 7) is 6.93. The van der Waals surface area contributed by atoms with Crippen molar-refractivity contribution < 1.29 is 23.1 Å². The molecule has 35 heavy (non-hydrogen) atoms. The molecule has 6 nitrogen and oxygen atoms in total. The van der Waals surface area contributed by atoms with Crippen molar-refractivity contribution in [2.45, 2.75) is 51.6 Å². The van der Waals surface area contributed by atoms with E-state index in [4.69, 9.17) is 4.74 Å². The number of benzene rings is 2. The van der Waals surface area contributed by atoms with Gasteiger partial charge in [0.25, 0.3) is 5.91 Å². The number of nitrogens with zero attached hydrogens (tertiary/aromatic N) is 2. The molecule has 1 heterocycles. The molecule has 1 N–H and O–H groups in total. The van der Waals surface area contributed by atoms with Crippen LogP contribution in [0, 0.1) is 12.7 Å². The van der Waals surface area contributed by atoms with Crippen molar-refractivity contribution in [3.8, 4) is 0 Å². The lowest BCUT2D eigenvalue weighted by molar-refractivity contribution is -0.140. The fourth-order valence-electron chi connectivity index (χ4n) is 4.33. The van der Waals surface area contributed by atoms with E-state index in [-0.39, 0.29) is 19.5 Å². The molecule has 2 aromatic rings. The smallest absolute Gasteiger partial charge is 0.411 e. The van der Waals surface area contributed by atoms with Gasteiger partial charge < -0.3 is 15.0 Å². The average molecular weight is 617 g/mol. The van der Waals surface area contributed by atoms with Gasteiger partial charge in [-0.2, -0.15) is 0 Å². The first-order valence-electron chi connectivity index (χ1n) is 11.1. The number of rotatable bonds is 4. The Morgan fingerprint density at radius 2 is 1.83 bits per heavy atom. The van der Waals surface area contributed by atoms with E-state index in [2.05, 4.69) is 37.2 Å². The van der Waals surface area contributed by atoms with Crippen molar-refractivity contribution in [3.05, 3.63) is 62.3 Å². The number of carbonyl (C=O) groups excluding carboxylic acids is 2. The number of aryl methyl sites for hydroxylation is 1. The molecule has 0 aromatic heterocycles. The summed E-state index contributed by atoms with van der Waals surface area (Å²) in [5, 5.41) is 2.56. The Labute approximate surface area is 221 Å². The molecule has 0 radical (unpaired) electrons. The first kappa shape index (κ1) is 27.4. The van der Waals surface area contributed by atoms with Gasteiger partial charge in [0.15, 0.2) is 5.54 Å². The van der Waals surface area contributed by atoms with Gasteiger partial charge >= 0.3 is 6.09 Å². The quantitative estimate of drug-likeness (QED) is 0.445. The summed E-state index contributed by atoms with van der Waals surface area (Å²) in [6, 6.07) is 9.38. The minimum absolute atomic E-state index is 0.0251. The van der Waals surface area contributed by atoms with Gasteiger partial charge in [-0.1, -0.05) is 6.07 Å². The summed E-state index contributed by atoms with van der Waals surface area (Å²) >= 11 is 6.87. The summed E-state index contributed by atoms with van der Waals surface area (Å²) in [4.78, 5) is 29.5. The second-order valence-corrected chi connectivity index (χ2v) is 11.2. The standard InChI is InChI=1S/C25H29Br2F2N3O3/c1-15-12-17(28)7-9-20(15)31-10-11-32(23(34)35-24(2,3)4)25(21(31)29,22(33)30-5)14-16-6-8-18(26)19(27)13-16/h6-9,12-13,21H,10-11,14H2,1-5H3,(H,30,33). The van der Waals surface area contributed by atoms with Crippen molar-refractivity contribution in [1.82, 2.24) is 10.2 Å². The van der Waals surface area contributed by atoms with Crippen LogP contribution in [0.2, 0.25) is 0 Å². The summed E-state index contributed by atoms with van der Waals surface area (Å²) in [5.41, 5.74) is -1.19. The number of piperazine rings is 1. The zero-order valence-electron chi connectivity index (χ0n) is 20.3. The van der Waals surface area contributed by atoms with E-state index in [1.54, 1.807) is 45.9 Å². The van der Waals surface area contributed by atoms with E-state index < -0.39 is 35.3 Å². The molecule has 0 spiro atoms. The molecule has 0 bridgehead atoms. The molecule has 1 aliphatic heterocycles. The number of halogens is 4. The van der Waals surface area contributed by atoms with Crippen LogP contribution in [0.15, 0.2) is 45.3 Å². The number of ether oxygens (including phenoxy) is 1. The molecule has 2 amide bonds. The van der Waals surface area contributed by atoms with E-state index in [0.29, 0.717) is 16.8 Å². The minimum Gasteiger partial charge on any atom is -0.444 e. The molecule has 190 valence electrons. The third-order valence-electron chi connectivity index (χ3n) is 5.87. The third kappa shape index (κ3) is 5.63. The van der Waals surface area contributed by atoms with E-state index in [9.17, 15) is 14.0 Å². The van der Waals surface area contributed by atoms with E-state index in [0.717, 1.165) is 8.95 Å². The van der Waals surface area contributed by atoms with Crippen molar-refractivity contribution in [2.24, 2.45) is 0 Å². The van der Waals surface area contributed by atoms with Gasteiger partial charge in [0.05, 0.1) is 0 Å². The maximum absolute atomic E-state index is 16.8. The highest BCUT2D eigenvalue weighted by Gasteiger charge is 2.58. The van der Waals surface area contributed by atoms with Gasteiger partial charge in [-0.05, 0) is 101 Å². The van der Waals surface area contributed by atoms with Crippen LogP contribution in [-0.4, -0.2) is 54.5 Å². The summed E-state index contributed by atoms with van der Waals surface area (Å²) in [6.07, 6.45) is -2.85. The molecule has 1 saturated heterocycles. The predicted molar refractivity (Wildman–Crippen MR) is 139 cm³/mol. The molecular formula is C25H29Br2F2N3O3. The zero-order valence-corrected chi connectivity index (χ0v) is 23.5.